The number of hydrogen-bond acceptors (Lipinski definition) is 3. The van der Waals surface area contributed by atoms with Gasteiger partial charge in [-0.15, -0.1) is 0 Å². The Hall–Kier alpha value is -2.36. The zero-order chi connectivity index (χ0) is 14.4. The number of pyridine rings is 1. The van der Waals surface area contributed by atoms with Crippen LogP contribution in [0.4, 0.5) is 11.4 Å². The quantitative estimate of drug-likeness (QED) is 0.906. The van der Waals surface area contributed by atoms with E-state index in [1.54, 1.807) is 17.3 Å². The Labute approximate surface area is 119 Å². The topological polar surface area (TPSA) is 45.2 Å². The molecular weight excluding hydrogens is 250 g/mol. The molecule has 4 nitrogen and oxygen atoms in total. The molecule has 2 rings (SSSR count). The molecule has 1 amide bonds. The summed E-state index contributed by atoms with van der Waals surface area (Å²) in [5.41, 5.74) is 2.57. The predicted octanol–water partition coefficient (Wildman–Crippen LogP) is 3.18. The van der Waals surface area contributed by atoms with E-state index in [1.165, 1.54) is 0 Å². The van der Waals surface area contributed by atoms with Crippen LogP contribution in [0, 0.1) is 0 Å². The van der Waals surface area contributed by atoms with Crippen molar-refractivity contribution in [2.24, 2.45) is 0 Å². The third-order valence-electron chi connectivity index (χ3n) is 3.05. The first-order chi connectivity index (χ1) is 9.76. The Morgan fingerprint density at radius 1 is 1.10 bits per heavy atom. The Morgan fingerprint density at radius 2 is 1.75 bits per heavy atom. The van der Waals surface area contributed by atoms with Crippen LogP contribution in [-0.4, -0.2) is 24.0 Å². The second kappa shape index (κ2) is 6.70. The van der Waals surface area contributed by atoms with Gasteiger partial charge in [0.2, 0.25) is 0 Å². The average Bonchev–Trinajstić information content (AvgIpc) is 2.50. The molecule has 0 atom stereocenters. The van der Waals surface area contributed by atoms with Crippen LogP contribution >= 0.6 is 0 Å². The third-order valence-corrected chi connectivity index (χ3v) is 3.05. The maximum absolute atomic E-state index is 12.5. The summed E-state index contributed by atoms with van der Waals surface area (Å²) in [7, 11) is 0. The van der Waals surface area contributed by atoms with Gasteiger partial charge < -0.3 is 10.2 Å². The van der Waals surface area contributed by atoms with Crippen LogP contribution < -0.4 is 10.2 Å². The average molecular weight is 269 g/mol. The van der Waals surface area contributed by atoms with Gasteiger partial charge in [0, 0.05) is 42.4 Å². The van der Waals surface area contributed by atoms with Gasteiger partial charge in [-0.2, -0.15) is 0 Å². The SMILES string of the molecule is CCNc1ccc(C(=O)N(CC)c2ccncc2)cc1. The summed E-state index contributed by atoms with van der Waals surface area (Å²) in [5.74, 6) is 0.00162. The fourth-order valence-corrected chi connectivity index (χ4v) is 2.06. The van der Waals surface area contributed by atoms with Crippen LogP contribution in [0.5, 0.6) is 0 Å². The third kappa shape index (κ3) is 3.15. The molecule has 0 aliphatic heterocycles. The van der Waals surface area contributed by atoms with E-state index in [2.05, 4.69) is 10.3 Å². The number of rotatable bonds is 5. The van der Waals surface area contributed by atoms with Crippen LogP contribution in [0.1, 0.15) is 24.2 Å². The fraction of sp³-hybridized carbons (Fsp3) is 0.250. The summed E-state index contributed by atoms with van der Waals surface area (Å²) < 4.78 is 0. The van der Waals surface area contributed by atoms with Gasteiger partial charge in [-0.25, -0.2) is 0 Å². The standard InChI is InChI=1S/C16H19N3O/c1-3-18-14-7-5-13(6-8-14)16(20)19(4-2)15-9-11-17-12-10-15/h5-12,18H,3-4H2,1-2H3. The minimum atomic E-state index is 0.00162. The Balaban J connectivity index is 2.20. The van der Waals surface area contributed by atoms with Crippen molar-refractivity contribution in [3.63, 3.8) is 0 Å². The summed E-state index contributed by atoms with van der Waals surface area (Å²) in [5, 5.41) is 3.22. The van der Waals surface area contributed by atoms with Gasteiger partial charge in [0.15, 0.2) is 0 Å². The van der Waals surface area contributed by atoms with E-state index in [4.69, 9.17) is 0 Å². The van der Waals surface area contributed by atoms with Crippen LogP contribution in [0.3, 0.4) is 0 Å². The number of nitrogens with one attached hydrogen (secondary N) is 1. The largest absolute Gasteiger partial charge is 0.385 e. The summed E-state index contributed by atoms with van der Waals surface area (Å²) in [6.45, 7) is 5.50. The molecule has 1 aromatic heterocycles. The zero-order valence-electron chi connectivity index (χ0n) is 11.8. The molecule has 1 heterocycles. The number of anilines is 2. The first kappa shape index (κ1) is 14.1. The highest BCUT2D eigenvalue weighted by atomic mass is 16.2. The number of benzene rings is 1. The smallest absolute Gasteiger partial charge is 0.258 e. The first-order valence-electron chi connectivity index (χ1n) is 6.82. The number of carbonyl (C=O) groups excluding carboxylic acids is 1. The van der Waals surface area contributed by atoms with E-state index in [-0.39, 0.29) is 5.91 Å². The number of hydrogen-bond donors (Lipinski definition) is 1. The Kier molecular flexibility index (Phi) is 4.71. The molecule has 20 heavy (non-hydrogen) atoms. The van der Waals surface area contributed by atoms with Crippen molar-refractivity contribution >= 4 is 17.3 Å². The van der Waals surface area contributed by atoms with Crippen molar-refractivity contribution in [1.82, 2.24) is 4.98 Å². The molecular formula is C16H19N3O. The van der Waals surface area contributed by atoms with Crippen LogP contribution in [0.2, 0.25) is 0 Å². The predicted molar refractivity (Wildman–Crippen MR) is 82.2 cm³/mol. The Bertz CT molecular complexity index is 552. The summed E-state index contributed by atoms with van der Waals surface area (Å²) >= 11 is 0. The van der Waals surface area contributed by atoms with Gasteiger partial charge in [0.25, 0.3) is 5.91 Å². The molecule has 4 heteroatoms. The van der Waals surface area contributed by atoms with Crippen molar-refractivity contribution in [2.75, 3.05) is 23.3 Å². The molecule has 0 fully saturated rings. The van der Waals surface area contributed by atoms with Gasteiger partial charge in [0.05, 0.1) is 0 Å². The molecule has 0 aliphatic rings. The lowest BCUT2D eigenvalue weighted by Crippen LogP contribution is -2.30. The minimum absolute atomic E-state index is 0.00162. The zero-order valence-corrected chi connectivity index (χ0v) is 11.8. The molecule has 0 radical (unpaired) electrons. The second-order valence-electron chi connectivity index (χ2n) is 4.36. The lowest BCUT2D eigenvalue weighted by atomic mass is 10.1. The Morgan fingerprint density at radius 3 is 2.30 bits per heavy atom. The van der Waals surface area contributed by atoms with Gasteiger partial charge in [-0.1, -0.05) is 0 Å². The van der Waals surface area contributed by atoms with Gasteiger partial charge >= 0.3 is 0 Å². The number of amides is 1. The monoisotopic (exact) mass is 269 g/mol. The molecule has 0 saturated heterocycles. The molecule has 0 aliphatic carbocycles. The molecule has 0 unspecified atom stereocenters. The molecule has 1 aromatic carbocycles. The molecule has 104 valence electrons. The number of aromatic nitrogens is 1. The van der Waals surface area contributed by atoms with Crippen LogP contribution in [0.15, 0.2) is 48.8 Å². The molecule has 0 bridgehead atoms. The first-order valence-corrected chi connectivity index (χ1v) is 6.82. The summed E-state index contributed by atoms with van der Waals surface area (Å²) in [6, 6.07) is 11.2. The van der Waals surface area contributed by atoms with Gasteiger partial charge in [0.1, 0.15) is 0 Å². The van der Waals surface area contributed by atoms with Crippen molar-refractivity contribution in [3.8, 4) is 0 Å². The van der Waals surface area contributed by atoms with Crippen molar-refractivity contribution in [1.29, 1.82) is 0 Å². The van der Waals surface area contributed by atoms with Crippen molar-refractivity contribution in [3.05, 3.63) is 54.4 Å². The molecule has 0 spiro atoms. The van der Waals surface area contributed by atoms with E-state index >= 15 is 0 Å². The van der Waals surface area contributed by atoms with E-state index in [9.17, 15) is 4.79 Å². The minimum Gasteiger partial charge on any atom is -0.385 e. The number of carbonyl (C=O) groups is 1. The maximum atomic E-state index is 12.5. The van der Waals surface area contributed by atoms with Crippen LogP contribution in [0.25, 0.3) is 0 Å². The normalized spacial score (nSPS) is 10.1. The summed E-state index contributed by atoms with van der Waals surface area (Å²) in [6.07, 6.45) is 3.39. The molecule has 1 N–H and O–H groups in total. The van der Waals surface area contributed by atoms with E-state index in [0.717, 1.165) is 17.9 Å². The maximum Gasteiger partial charge on any atom is 0.258 e. The fourth-order valence-electron chi connectivity index (χ4n) is 2.06. The molecule has 2 aromatic rings. The highest BCUT2D eigenvalue weighted by molar-refractivity contribution is 6.06. The summed E-state index contributed by atoms with van der Waals surface area (Å²) in [4.78, 5) is 18.3. The van der Waals surface area contributed by atoms with Crippen molar-refractivity contribution in [2.45, 2.75) is 13.8 Å². The lowest BCUT2D eigenvalue weighted by molar-refractivity contribution is 0.0988. The van der Waals surface area contributed by atoms with Gasteiger partial charge in [-0.05, 0) is 50.2 Å². The molecule has 0 saturated carbocycles. The van der Waals surface area contributed by atoms with Gasteiger partial charge in [-0.3, -0.25) is 9.78 Å². The lowest BCUT2D eigenvalue weighted by Gasteiger charge is -2.21. The van der Waals surface area contributed by atoms with E-state index in [1.807, 2.05) is 50.2 Å². The van der Waals surface area contributed by atoms with E-state index < -0.39 is 0 Å². The second-order valence-corrected chi connectivity index (χ2v) is 4.36. The van der Waals surface area contributed by atoms with E-state index in [0.29, 0.717) is 12.1 Å². The number of nitrogens with zero attached hydrogens (tertiary/aromatic N) is 2. The highest BCUT2D eigenvalue weighted by Gasteiger charge is 2.15. The van der Waals surface area contributed by atoms with Crippen molar-refractivity contribution < 1.29 is 4.79 Å². The van der Waals surface area contributed by atoms with Crippen LogP contribution in [-0.2, 0) is 0 Å². The highest BCUT2D eigenvalue weighted by Crippen LogP contribution is 2.17.